The van der Waals surface area contributed by atoms with Crippen LogP contribution < -0.4 is 0 Å². The lowest BCUT2D eigenvalue weighted by molar-refractivity contribution is -0.243. The average molecular weight is 367 g/mol. The van der Waals surface area contributed by atoms with Crippen LogP contribution in [0.5, 0.6) is 0 Å². The third-order valence-electron chi connectivity index (χ3n) is 7.50. The Bertz CT molecular complexity index is 534. The van der Waals surface area contributed by atoms with Crippen molar-refractivity contribution in [3.05, 3.63) is 23.3 Å². The van der Waals surface area contributed by atoms with Gasteiger partial charge in [-0.2, -0.15) is 0 Å². The molecule has 0 radical (unpaired) electrons. The quantitative estimate of drug-likeness (QED) is 0.496. The molecule has 4 aliphatic rings. The predicted molar refractivity (Wildman–Crippen MR) is 105 cm³/mol. The SMILES string of the molecule is CC.CC1C2CCC3(/C=C/Cl)CCCC=C3C2(C)CCC12OCCO2. The summed E-state index contributed by atoms with van der Waals surface area (Å²) in [6.07, 6.45) is 13.3. The van der Waals surface area contributed by atoms with E-state index >= 15 is 0 Å². The minimum absolute atomic E-state index is 0.215. The fraction of sp³-hybridized carbons (Fsp3) is 0.818. The Balaban J connectivity index is 0.000000880. The number of rotatable bonds is 1. The molecule has 1 heterocycles. The largest absolute Gasteiger partial charge is 0.347 e. The molecular formula is C22H35ClO2. The van der Waals surface area contributed by atoms with Gasteiger partial charge in [0, 0.05) is 23.3 Å². The van der Waals surface area contributed by atoms with Gasteiger partial charge in [-0.1, -0.05) is 57.0 Å². The number of halogens is 1. The van der Waals surface area contributed by atoms with Crippen LogP contribution in [0, 0.1) is 22.7 Å². The van der Waals surface area contributed by atoms with E-state index in [0.29, 0.717) is 11.8 Å². The summed E-state index contributed by atoms with van der Waals surface area (Å²) >= 11 is 6.05. The van der Waals surface area contributed by atoms with Gasteiger partial charge in [-0.25, -0.2) is 0 Å². The van der Waals surface area contributed by atoms with Crippen molar-refractivity contribution in [3.63, 3.8) is 0 Å². The molecule has 3 aliphatic carbocycles. The van der Waals surface area contributed by atoms with E-state index < -0.39 is 0 Å². The van der Waals surface area contributed by atoms with Crippen molar-refractivity contribution in [2.75, 3.05) is 13.2 Å². The van der Waals surface area contributed by atoms with Crippen molar-refractivity contribution in [3.8, 4) is 0 Å². The van der Waals surface area contributed by atoms with Crippen molar-refractivity contribution in [2.24, 2.45) is 22.7 Å². The van der Waals surface area contributed by atoms with Gasteiger partial charge in [0.15, 0.2) is 5.79 Å². The second-order valence-electron chi connectivity index (χ2n) is 8.32. The Morgan fingerprint density at radius 1 is 1.12 bits per heavy atom. The standard InChI is InChI=1S/C20H29ClO2.C2H6/c1-15-16-6-8-19(11-12-21)7-4-3-5-17(19)18(16,2)9-10-20(15)22-13-14-23-20;1-2/h5,11-12,15-16H,3-4,6-10,13-14H2,1-2H3;1-2H3/b12-11+;. The van der Waals surface area contributed by atoms with Crippen molar-refractivity contribution in [1.29, 1.82) is 0 Å². The van der Waals surface area contributed by atoms with Gasteiger partial charge in [0.25, 0.3) is 0 Å². The molecule has 0 aromatic carbocycles. The lowest BCUT2D eigenvalue weighted by Gasteiger charge is -2.60. The first-order chi connectivity index (χ1) is 12.1. The van der Waals surface area contributed by atoms with Crippen LogP contribution in [0.15, 0.2) is 23.3 Å². The minimum Gasteiger partial charge on any atom is -0.347 e. The van der Waals surface area contributed by atoms with E-state index in [0.717, 1.165) is 19.6 Å². The Morgan fingerprint density at radius 3 is 2.52 bits per heavy atom. The molecule has 0 bridgehead atoms. The maximum Gasteiger partial charge on any atom is 0.171 e. The van der Waals surface area contributed by atoms with Crippen molar-refractivity contribution in [1.82, 2.24) is 0 Å². The van der Waals surface area contributed by atoms with E-state index in [1.165, 1.54) is 38.5 Å². The van der Waals surface area contributed by atoms with Crippen LogP contribution in [0.4, 0.5) is 0 Å². The van der Waals surface area contributed by atoms with Gasteiger partial charge in [0.2, 0.25) is 0 Å². The van der Waals surface area contributed by atoms with Crippen LogP contribution in [-0.2, 0) is 9.47 Å². The molecular weight excluding hydrogens is 332 g/mol. The molecule has 4 unspecified atom stereocenters. The zero-order valence-electron chi connectivity index (χ0n) is 16.4. The second kappa shape index (κ2) is 7.37. The van der Waals surface area contributed by atoms with Crippen LogP contribution in [0.25, 0.3) is 0 Å². The molecule has 2 saturated carbocycles. The fourth-order valence-corrected chi connectivity index (χ4v) is 6.58. The van der Waals surface area contributed by atoms with E-state index in [1.54, 1.807) is 11.1 Å². The zero-order valence-corrected chi connectivity index (χ0v) is 17.2. The molecule has 142 valence electrons. The molecule has 3 heteroatoms. The fourth-order valence-electron chi connectivity index (χ4n) is 6.34. The number of hydrogen-bond donors (Lipinski definition) is 0. The molecule has 0 aromatic rings. The van der Waals surface area contributed by atoms with Crippen LogP contribution in [0.1, 0.15) is 72.6 Å². The molecule has 2 nitrogen and oxygen atoms in total. The molecule has 0 aromatic heterocycles. The van der Waals surface area contributed by atoms with Gasteiger partial charge in [0.05, 0.1) is 13.2 Å². The third-order valence-corrected chi connectivity index (χ3v) is 7.62. The highest BCUT2D eigenvalue weighted by Gasteiger charge is 2.60. The van der Waals surface area contributed by atoms with Crippen LogP contribution in [0.3, 0.4) is 0 Å². The molecule has 1 saturated heterocycles. The number of fused-ring (bicyclic) bond motifs is 3. The summed E-state index contributed by atoms with van der Waals surface area (Å²) in [6.45, 7) is 10.4. The lowest BCUT2D eigenvalue weighted by Crippen LogP contribution is -2.56. The first kappa shape index (κ1) is 19.5. The predicted octanol–water partition coefficient (Wildman–Crippen LogP) is 6.45. The Kier molecular flexibility index (Phi) is 5.73. The highest BCUT2D eigenvalue weighted by atomic mass is 35.5. The molecule has 3 fully saturated rings. The van der Waals surface area contributed by atoms with E-state index in [9.17, 15) is 0 Å². The van der Waals surface area contributed by atoms with E-state index in [1.807, 2.05) is 13.8 Å². The molecule has 25 heavy (non-hydrogen) atoms. The average Bonchev–Trinajstić information content (AvgIpc) is 3.11. The topological polar surface area (TPSA) is 18.5 Å². The summed E-state index contributed by atoms with van der Waals surface area (Å²) in [7, 11) is 0. The van der Waals surface area contributed by atoms with Gasteiger partial charge in [-0.15, -0.1) is 0 Å². The Labute approximate surface area is 159 Å². The van der Waals surface area contributed by atoms with Gasteiger partial charge in [0.1, 0.15) is 0 Å². The van der Waals surface area contributed by atoms with Gasteiger partial charge >= 0.3 is 0 Å². The third kappa shape index (κ3) is 2.93. The minimum atomic E-state index is -0.304. The van der Waals surface area contributed by atoms with Crippen molar-refractivity contribution < 1.29 is 9.47 Å². The zero-order chi connectivity index (χ0) is 18.1. The molecule has 4 rings (SSSR count). The smallest absolute Gasteiger partial charge is 0.171 e. The monoisotopic (exact) mass is 366 g/mol. The van der Waals surface area contributed by atoms with Crippen LogP contribution in [0.2, 0.25) is 0 Å². The van der Waals surface area contributed by atoms with Crippen molar-refractivity contribution >= 4 is 11.6 Å². The van der Waals surface area contributed by atoms with Gasteiger partial charge < -0.3 is 9.47 Å². The summed E-state index contributed by atoms with van der Waals surface area (Å²) in [4.78, 5) is 0. The summed E-state index contributed by atoms with van der Waals surface area (Å²) in [5, 5.41) is 0. The maximum absolute atomic E-state index is 6.12. The molecule has 1 aliphatic heterocycles. The molecule has 4 atom stereocenters. The number of ether oxygens (including phenoxy) is 2. The highest BCUT2D eigenvalue weighted by Crippen LogP contribution is 2.65. The number of hydrogen-bond acceptors (Lipinski definition) is 2. The van der Waals surface area contributed by atoms with E-state index in [2.05, 4.69) is 26.0 Å². The van der Waals surface area contributed by atoms with E-state index in [4.69, 9.17) is 21.1 Å². The summed E-state index contributed by atoms with van der Waals surface area (Å²) < 4.78 is 12.2. The Hall–Kier alpha value is -0.310. The normalized spacial score (nSPS) is 42.4. The van der Waals surface area contributed by atoms with Gasteiger partial charge in [-0.3, -0.25) is 0 Å². The molecule has 0 amide bonds. The van der Waals surface area contributed by atoms with E-state index in [-0.39, 0.29) is 16.6 Å². The molecule has 0 N–H and O–H groups in total. The second-order valence-corrected chi connectivity index (χ2v) is 8.57. The molecule has 1 spiro atoms. The highest BCUT2D eigenvalue weighted by molar-refractivity contribution is 6.25. The first-order valence-electron chi connectivity index (χ1n) is 10.3. The maximum atomic E-state index is 6.12. The first-order valence-corrected chi connectivity index (χ1v) is 10.8. The Morgan fingerprint density at radius 2 is 1.84 bits per heavy atom. The lowest BCUT2D eigenvalue weighted by atomic mass is 9.46. The summed E-state index contributed by atoms with van der Waals surface area (Å²) in [5.41, 5.74) is 3.92. The summed E-state index contributed by atoms with van der Waals surface area (Å²) in [6, 6.07) is 0. The van der Waals surface area contributed by atoms with Crippen molar-refractivity contribution in [2.45, 2.75) is 78.4 Å². The van der Waals surface area contributed by atoms with Crippen LogP contribution in [-0.4, -0.2) is 19.0 Å². The van der Waals surface area contributed by atoms with Gasteiger partial charge in [-0.05, 0) is 49.9 Å². The van der Waals surface area contributed by atoms with Crippen LogP contribution >= 0.6 is 11.6 Å². The summed E-state index contributed by atoms with van der Waals surface area (Å²) in [5.74, 6) is 0.807. The number of allylic oxidation sites excluding steroid dienone is 3.